The maximum atomic E-state index is 11.5. The second-order valence-corrected chi connectivity index (χ2v) is 5.29. The van der Waals surface area contributed by atoms with Gasteiger partial charge in [0.15, 0.2) is 0 Å². The highest BCUT2D eigenvalue weighted by Crippen LogP contribution is 2.00. The SMILES string of the molecule is CC(C)[C@H](N)C(=O)NCC(=O)NCCc1cscn1.Cl.Cl. The average molecular weight is 357 g/mol. The lowest BCUT2D eigenvalue weighted by molar-refractivity contribution is -0.127. The Morgan fingerprint density at radius 3 is 2.52 bits per heavy atom. The van der Waals surface area contributed by atoms with Gasteiger partial charge in [0.1, 0.15) is 0 Å². The number of halogens is 2. The number of carbonyl (C=O) groups excluding carboxylic acids is 2. The Bertz CT molecular complexity index is 415. The van der Waals surface area contributed by atoms with Crippen LogP contribution in [0.3, 0.4) is 0 Å². The molecule has 0 saturated carbocycles. The number of hydrogen-bond donors (Lipinski definition) is 3. The van der Waals surface area contributed by atoms with E-state index in [0.29, 0.717) is 13.0 Å². The molecule has 1 atom stereocenters. The van der Waals surface area contributed by atoms with E-state index in [2.05, 4.69) is 15.6 Å². The van der Waals surface area contributed by atoms with E-state index in [1.54, 1.807) is 5.51 Å². The van der Waals surface area contributed by atoms with Crippen LogP contribution in [0, 0.1) is 5.92 Å². The minimum absolute atomic E-state index is 0. The summed E-state index contributed by atoms with van der Waals surface area (Å²) in [6.45, 7) is 4.18. The van der Waals surface area contributed by atoms with Crippen molar-refractivity contribution in [1.29, 1.82) is 0 Å². The summed E-state index contributed by atoms with van der Waals surface area (Å²) >= 11 is 1.52. The normalized spacial score (nSPS) is 11.0. The Kier molecular flexibility index (Phi) is 12.5. The number of nitrogens with one attached hydrogen (secondary N) is 2. The van der Waals surface area contributed by atoms with Crippen LogP contribution < -0.4 is 16.4 Å². The molecule has 6 nitrogen and oxygen atoms in total. The average Bonchev–Trinajstić information content (AvgIpc) is 2.88. The lowest BCUT2D eigenvalue weighted by Crippen LogP contribution is -2.47. The summed E-state index contributed by atoms with van der Waals surface area (Å²) in [7, 11) is 0. The van der Waals surface area contributed by atoms with Gasteiger partial charge in [-0.2, -0.15) is 0 Å². The molecule has 0 aliphatic heterocycles. The van der Waals surface area contributed by atoms with Gasteiger partial charge in [-0.1, -0.05) is 13.8 Å². The highest BCUT2D eigenvalue weighted by molar-refractivity contribution is 7.07. The Labute approximate surface area is 141 Å². The van der Waals surface area contributed by atoms with Crippen LogP contribution >= 0.6 is 36.2 Å². The summed E-state index contributed by atoms with van der Waals surface area (Å²) in [6.07, 6.45) is 0.689. The van der Waals surface area contributed by atoms with Gasteiger partial charge in [-0.25, -0.2) is 4.98 Å². The van der Waals surface area contributed by atoms with Crippen molar-refractivity contribution in [3.63, 3.8) is 0 Å². The molecule has 21 heavy (non-hydrogen) atoms. The van der Waals surface area contributed by atoms with Crippen LogP contribution in [0.15, 0.2) is 10.9 Å². The molecule has 4 N–H and O–H groups in total. The number of nitrogens with two attached hydrogens (primary N) is 1. The van der Waals surface area contributed by atoms with Gasteiger partial charge in [-0.15, -0.1) is 36.2 Å². The van der Waals surface area contributed by atoms with E-state index in [9.17, 15) is 9.59 Å². The zero-order valence-corrected chi connectivity index (χ0v) is 14.4. The Morgan fingerprint density at radius 2 is 2.00 bits per heavy atom. The van der Waals surface area contributed by atoms with E-state index in [4.69, 9.17) is 5.73 Å². The molecule has 1 aromatic heterocycles. The molecule has 0 fully saturated rings. The van der Waals surface area contributed by atoms with Crippen LogP contribution in [-0.2, 0) is 16.0 Å². The molecule has 0 unspecified atom stereocenters. The number of carbonyl (C=O) groups is 2. The molecular weight excluding hydrogens is 335 g/mol. The van der Waals surface area contributed by atoms with Crippen LogP contribution in [-0.4, -0.2) is 35.9 Å². The molecule has 0 radical (unpaired) electrons. The predicted molar refractivity (Wildman–Crippen MR) is 89.1 cm³/mol. The first kappa shape index (κ1) is 22.4. The number of rotatable bonds is 7. The quantitative estimate of drug-likeness (QED) is 0.671. The number of aromatic nitrogens is 1. The second-order valence-electron chi connectivity index (χ2n) is 4.57. The predicted octanol–water partition coefficient (Wildman–Crippen LogP) is 0.745. The summed E-state index contributed by atoms with van der Waals surface area (Å²) in [5, 5.41) is 7.17. The summed E-state index contributed by atoms with van der Waals surface area (Å²) in [5.41, 5.74) is 8.37. The summed E-state index contributed by atoms with van der Waals surface area (Å²) in [4.78, 5) is 27.1. The third kappa shape index (κ3) is 8.87. The Morgan fingerprint density at radius 1 is 1.33 bits per heavy atom. The lowest BCUT2D eigenvalue weighted by atomic mass is 10.1. The van der Waals surface area contributed by atoms with Crippen molar-refractivity contribution in [2.45, 2.75) is 26.3 Å². The molecule has 0 aliphatic rings. The molecule has 0 aliphatic carbocycles. The molecule has 0 spiro atoms. The second kappa shape index (κ2) is 11.7. The fourth-order valence-electron chi connectivity index (χ4n) is 1.34. The zero-order chi connectivity index (χ0) is 14.3. The van der Waals surface area contributed by atoms with E-state index >= 15 is 0 Å². The van der Waals surface area contributed by atoms with Crippen molar-refractivity contribution in [1.82, 2.24) is 15.6 Å². The number of amides is 2. The van der Waals surface area contributed by atoms with Crippen LogP contribution in [0.25, 0.3) is 0 Å². The van der Waals surface area contributed by atoms with Crippen molar-refractivity contribution in [3.8, 4) is 0 Å². The molecule has 1 heterocycles. The molecule has 2 amide bonds. The van der Waals surface area contributed by atoms with Crippen LogP contribution in [0.5, 0.6) is 0 Å². The fourth-order valence-corrected chi connectivity index (χ4v) is 1.93. The van der Waals surface area contributed by atoms with Gasteiger partial charge in [0, 0.05) is 18.3 Å². The smallest absolute Gasteiger partial charge is 0.239 e. The first-order chi connectivity index (χ1) is 9.00. The number of nitrogens with zero attached hydrogens (tertiary/aromatic N) is 1. The van der Waals surface area contributed by atoms with E-state index in [1.165, 1.54) is 11.3 Å². The molecule has 122 valence electrons. The third-order valence-corrected chi connectivity index (χ3v) is 3.27. The topological polar surface area (TPSA) is 97.1 Å². The van der Waals surface area contributed by atoms with E-state index < -0.39 is 6.04 Å². The van der Waals surface area contributed by atoms with Gasteiger partial charge in [-0.05, 0) is 5.92 Å². The summed E-state index contributed by atoms with van der Waals surface area (Å²) in [5.74, 6) is -0.475. The Balaban J connectivity index is 0. The minimum Gasteiger partial charge on any atom is -0.354 e. The molecule has 1 rings (SSSR count). The molecule has 0 bridgehead atoms. The standard InChI is InChI=1S/C12H20N4O2S.2ClH/c1-8(2)11(13)12(18)15-5-10(17)14-4-3-9-6-19-7-16-9;;/h6-8,11H,3-5,13H2,1-2H3,(H,14,17)(H,15,18);2*1H/t11-;;/m0../s1. The Hall–Kier alpha value is -0.890. The molecule has 0 saturated heterocycles. The van der Waals surface area contributed by atoms with Gasteiger partial charge in [-0.3, -0.25) is 9.59 Å². The van der Waals surface area contributed by atoms with E-state index in [-0.39, 0.29) is 49.1 Å². The summed E-state index contributed by atoms with van der Waals surface area (Å²) in [6, 6.07) is -0.581. The first-order valence-electron chi connectivity index (χ1n) is 6.17. The fraction of sp³-hybridized carbons (Fsp3) is 0.583. The van der Waals surface area contributed by atoms with Crippen molar-refractivity contribution in [3.05, 3.63) is 16.6 Å². The number of thiazole rings is 1. The van der Waals surface area contributed by atoms with Crippen molar-refractivity contribution in [2.75, 3.05) is 13.1 Å². The van der Waals surface area contributed by atoms with Crippen LogP contribution in [0.1, 0.15) is 19.5 Å². The number of hydrogen-bond acceptors (Lipinski definition) is 5. The minimum atomic E-state index is -0.581. The molecular formula is C12H22Cl2N4O2S. The zero-order valence-electron chi connectivity index (χ0n) is 12.0. The molecule has 0 aromatic carbocycles. The van der Waals surface area contributed by atoms with E-state index in [1.807, 2.05) is 19.2 Å². The first-order valence-corrected chi connectivity index (χ1v) is 7.12. The summed E-state index contributed by atoms with van der Waals surface area (Å²) < 4.78 is 0. The molecule has 1 aromatic rings. The van der Waals surface area contributed by atoms with Crippen molar-refractivity contribution in [2.24, 2.45) is 11.7 Å². The lowest BCUT2D eigenvalue weighted by Gasteiger charge is -2.15. The largest absolute Gasteiger partial charge is 0.354 e. The van der Waals surface area contributed by atoms with Crippen LogP contribution in [0.2, 0.25) is 0 Å². The highest BCUT2D eigenvalue weighted by atomic mass is 35.5. The molecule has 9 heteroatoms. The van der Waals surface area contributed by atoms with Gasteiger partial charge >= 0.3 is 0 Å². The van der Waals surface area contributed by atoms with Gasteiger partial charge in [0.25, 0.3) is 0 Å². The van der Waals surface area contributed by atoms with E-state index in [0.717, 1.165) is 5.69 Å². The van der Waals surface area contributed by atoms with Crippen molar-refractivity contribution >= 4 is 48.0 Å². The maximum Gasteiger partial charge on any atom is 0.239 e. The van der Waals surface area contributed by atoms with Gasteiger partial charge < -0.3 is 16.4 Å². The highest BCUT2D eigenvalue weighted by Gasteiger charge is 2.17. The van der Waals surface area contributed by atoms with Crippen LogP contribution in [0.4, 0.5) is 0 Å². The van der Waals surface area contributed by atoms with Gasteiger partial charge in [0.2, 0.25) is 11.8 Å². The maximum absolute atomic E-state index is 11.5. The monoisotopic (exact) mass is 356 g/mol. The van der Waals surface area contributed by atoms with Gasteiger partial charge in [0.05, 0.1) is 23.8 Å². The third-order valence-electron chi connectivity index (χ3n) is 2.63. The van der Waals surface area contributed by atoms with Crippen molar-refractivity contribution < 1.29 is 9.59 Å².